The number of piperidine rings is 1. The molecule has 1 unspecified atom stereocenters. The minimum atomic E-state index is -3.68. The van der Waals surface area contributed by atoms with Crippen LogP contribution in [-0.2, 0) is 14.8 Å². The monoisotopic (exact) mass is 418 g/mol. The minimum Gasteiger partial charge on any atom is -0.459 e. The second kappa shape index (κ2) is 8.46. The fraction of sp³-hybridized carbons (Fsp3) is 0.450. The third-order valence-electron chi connectivity index (χ3n) is 4.69. The second-order valence-electron chi connectivity index (χ2n) is 7.34. The molecule has 0 spiro atoms. The van der Waals surface area contributed by atoms with E-state index in [-0.39, 0.29) is 29.5 Å². The number of hydrogen-bond acceptors (Lipinski definition) is 6. The van der Waals surface area contributed by atoms with Gasteiger partial charge in [0.15, 0.2) is 0 Å². The highest BCUT2D eigenvalue weighted by molar-refractivity contribution is 7.89. The number of carbonyl (C=O) groups is 1. The predicted octanol–water partition coefficient (Wildman–Crippen LogP) is 2.59. The number of ether oxygens (including phenoxy) is 1. The van der Waals surface area contributed by atoms with E-state index in [2.05, 4.69) is 15.3 Å². The fourth-order valence-corrected chi connectivity index (χ4v) is 5.19. The summed E-state index contributed by atoms with van der Waals surface area (Å²) in [5.41, 5.74) is 2.77. The number of sulfonamides is 1. The molecule has 1 aromatic carbocycles. The van der Waals surface area contributed by atoms with E-state index < -0.39 is 10.0 Å². The summed E-state index contributed by atoms with van der Waals surface area (Å²) in [5.74, 6) is -0.204. The van der Waals surface area contributed by atoms with Crippen LogP contribution < -0.4 is 10.1 Å². The molecule has 2 heterocycles. The van der Waals surface area contributed by atoms with Gasteiger partial charge < -0.3 is 10.1 Å². The van der Waals surface area contributed by atoms with E-state index in [9.17, 15) is 13.2 Å². The Hall–Kier alpha value is -2.52. The summed E-state index contributed by atoms with van der Waals surface area (Å²) in [4.78, 5) is 20.0. The Morgan fingerprint density at radius 3 is 2.48 bits per heavy atom. The van der Waals surface area contributed by atoms with Crippen molar-refractivity contribution in [3.05, 3.63) is 41.2 Å². The largest absolute Gasteiger partial charge is 0.459 e. The highest BCUT2D eigenvalue weighted by atomic mass is 32.2. The maximum Gasteiger partial charge on any atom is 0.317 e. The molecule has 9 heteroatoms. The Labute approximate surface area is 171 Å². The van der Waals surface area contributed by atoms with Crippen molar-refractivity contribution < 1.29 is 17.9 Å². The lowest BCUT2D eigenvalue weighted by molar-refractivity contribution is -0.114. The Morgan fingerprint density at radius 2 is 1.86 bits per heavy atom. The molecule has 3 rings (SSSR count). The molecule has 1 aromatic heterocycles. The molecule has 1 N–H and O–H groups in total. The molecule has 1 amide bonds. The normalized spacial score (nSPS) is 17.7. The molecular formula is C20H26N4O4S. The van der Waals surface area contributed by atoms with Crippen molar-refractivity contribution >= 4 is 21.6 Å². The van der Waals surface area contributed by atoms with Gasteiger partial charge >= 0.3 is 6.01 Å². The SMILES string of the molecule is CC(=O)Nc1ccc(S(=O)(=O)N2CCCC(Oc3nc(C)cc(C)n3)C2)c(C)c1. The molecule has 1 aliphatic rings. The number of amides is 1. The minimum absolute atomic E-state index is 0.204. The average Bonchev–Trinajstić information content (AvgIpc) is 2.60. The number of nitrogens with one attached hydrogen (secondary N) is 1. The predicted molar refractivity (Wildman–Crippen MR) is 109 cm³/mol. The molecule has 2 aromatic rings. The van der Waals surface area contributed by atoms with Crippen molar-refractivity contribution in [3.63, 3.8) is 0 Å². The Kier molecular flexibility index (Phi) is 6.18. The van der Waals surface area contributed by atoms with Crippen molar-refractivity contribution in [3.8, 4) is 6.01 Å². The molecule has 0 saturated carbocycles. The van der Waals surface area contributed by atoms with Crippen LogP contribution in [0.4, 0.5) is 5.69 Å². The lowest BCUT2D eigenvalue weighted by Crippen LogP contribution is -2.44. The van der Waals surface area contributed by atoms with Crippen LogP contribution in [0.1, 0.15) is 36.7 Å². The average molecular weight is 419 g/mol. The number of benzene rings is 1. The van der Waals surface area contributed by atoms with Crippen LogP contribution >= 0.6 is 0 Å². The molecule has 1 aliphatic heterocycles. The van der Waals surface area contributed by atoms with Gasteiger partial charge in [0.05, 0.1) is 11.4 Å². The molecule has 0 radical (unpaired) electrons. The van der Waals surface area contributed by atoms with Crippen LogP contribution in [0.5, 0.6) is 6.01 Å². The summed E-state index contributed by atoms with van der Waals surface area (Å²) < 4.78 is 33.7. The number of aryl methyl sites for hydroxylation is 3. The molecule has 0 bridgehead atoms. The van der Waals surface area contributed by atoms with E-state index in [1.165, 1.54) is 17.3 Å². The maximum absolute atomic E-state index is 13.2. The zero-order valence-electron chi connectivity index (χ0n) is 17.1. The van der Waals surface area contributed by atoms with Crippen LogP contribution in [0.25, 0.3) is 0 Å². The van der Waals surface area contributed by atoms with E-state index >= 15 is 0 Å². The third kappa shape index (κ3) is 5.10. The van der Waals surface area contributed by atoms with Crippen LogP contribution in [0, 0.1) is 20.8 Å². The summed E-state index contributed by atoms with van der Waals surface area (Å²) in [7, 11) is -3.68. The highest BCUT2D eigenvalue weighted by Crippen LogP contribution is 2.26. The van der Waals surface area contributed by atoms with Gasteiger partial charge in [0, 0.05) is 30.5 Å². The molecule has 29 heavy (non-hydrogen) atoms. The topological polar surface area (TPSA) is 101 Å². The van der Waals surface area contributed by atoms with Gasteiger partial charge in [-0.05, 0) is 63.4 Å². The van der Waals surface area contributed by atoms with Crippen molar-refractivity contribution in [1.29, 1.82) is 0 Å². The number of nitrogens with zero attached hydrogens (tertiary/aromatic N) is 3. The summed E-state index contributed by atoms with van der Waals surface area (Å²) >= 11 is 0. The van der Waals surface area contributed by atoms with Gasteiger partial charge in [-0.2, -0.15) is 4.31 Å². The van der Waals surface area contributed by atoms with Gasteiger partial charge in [-0.15, -0.1) is 0 Å². The van der Waals surface area contributed by atoms with Crippen LogP contribution in [0.3, 0.4) is 0 Å². The summed E-state index contributed by atoms with van der Waals surface area (Å²) in [6.45, 7) is 7.54. The fourth-order valence-electron chi connectivity index (χ4n) is 3.47. The van der Waals surface area contributed by atoms with E-state index in [0.717, 1.165) is 17.8 Å². The Bertz CT molecular complexity index is 1000. The smallest absolute Gasteiger partial charge is 0.317 e. The van der Waals surface area contributed by atoms with Crippen LogP contribution in [0.2, 0.25) is 0 Å². The molecule has 8 nitrogen and oxygen atoms in total. The van der Waals surface area contributed by atoms with Gasteiger partial charge in [0.2, 0.25) is 15.9 Å². The van der Waals surface area contributed by atoms with Gasteiger partial charge in [0.1, 0.15) is 6.10 Å². The Balaban J connectivity index is 1.77. The van der Waals surface area contributed by atoms with E-state index in [0.29, 0.717) is 24.2 Å². The highest BCUT2D eigenvalue weighted by Gasteiger charge is 2.32. The molecule has 1 saturated heterocycles. The third-order valence-corrected chi connectivity index (χ3v) is 6.71. The van der Waals surface area contributed by atoms with Gasteiger partial charge in [0.25, 0.3) is 0 Å². The van der Waals surface area contributed by atoms with Crippen molar-refractivity contribution in [1.82, 2.24) is 14.3 Å². The van der Waals surface area contributed by atoms with E-state index in [4.69, 9.17) is 4.74 Å². The molecule has 0 aliphatic carbocycles. The summed E-state index contributed by atoms with van der Waals surface area (Å²) in [6, 6.07) is 6.94. The number of carbonyl (C=O) groups excluding carboxylic acids is 1. The Morgan fingerprint density at radius 1 is 1.17 bits per heavy atom. The number of aromatic nitrogens is 2. The molecule has 1 fully saturated rings. The zero-order valence-corrected chi connectivity index (χ0v) is 17.9. The molecular weight excluding hydrogens is 392 g/mol. The van der Waals surface area contributed by atoms with E-state index in [1.54, 1.807) is 19.1 Å². The second-order valence-corrected chi connectivity index (χ2v) is 9.25. The van der Waals surface area contributed by atoms with Crippen molar-refractivity contribution in [2.45, 2.75) is 51.5 Å². The van der Waals surface area contributed by atoms with Crippen LogP contribution in [-0.4, -0.2) is 47.8 Å². The first-order valence-electron chi connectivity index (χ1n) is 9.52. The number of rotatable bonds is 5. The standard InChI is InChI=1S/C20H26N4O4S/c1-13-10-17(23-16(4)25)7-8-19(13)29(26,27)24-9-5-6-18(12-24)28-20-21-14(2)11-15(3)22-20/h7-8,10-11,18H,5-6,9,12H2,1-4H3,(H,23,25). The van der Waals surface area contributed by atoms with Crippen molar-refractivity contribution in [2.75, 3.05) is 18.4 Å². The maximum atomic E-state index is 13.2. The lowest BCUT2D eigenvalue weighted by Gasteiger charge is -2.32. The summed E-state index contributed by atoms with van der Waals surface area (Å²) in [6.07, 6.45) is 1.12. The first kappa shape index (κ1) is 21.2. The van der Waals surface area contributed by atoms with Crippen LogP contribution in [0.15, 0.2) is 29.2 Å². The first-order valence-corrected chi connectivity index (χ1v) is 11.0. The van der Waals surface area contributed by atoms with Gasteiger partial charge in [-0.1, -0.05) is 0 Å². The molecule has 156 valence electrons. The zero-order chi connectivity index (χ0) is 21.2. The van der Waals surface area contributed by atoms with Crippen molar-refractivity contribution in [2.24, 2.45) is 0 Å². The van der Waals surface area contributed by atoms with E-state index in [1.807, 2.05) is 19.9 Å². The van der Waals surface area contributed by atoms with Gasteiger partial charge in [-0.25, -0.2) is 18.4 Å². The number of hydrogen-bond donors (Lipinski definition) is 1. The quantitative estimate of drug-likeness (QED) is 0.801. The first-order chi connectivity index (χ1) is 13.6. The lowest BCUT2D eigenvalue weighted by atomic mass is 10.1. The summed E-state index contributed by atoms with van der Waals surface area (Å²) in [5, 5.41) is 2.67. The molecule has 1 atom stereocenters. The van der Waals surface area contributed by atoms with Gasteiger partial charge in [-0.3, -0.25) is 4.79 Å². The number of anilines is 1.